The molecule has 3 aromatic heterocycles. The summed E-state index contributed by atoms with van der Waals surface area (Å²) in [6, 6.07) is 7.61. The number of nitrogens with one attached hydrogen (secondary N) is 1. The van der Waals surface area contributed by atoms with E-state index in [2.05, 4.69) is 15.3 Å². The van der Waals surface area contributed by atoms with Gasteiger partial charge >= 0.3 is 0 Å². The summed E-state index contributed by atoms with van der Waals surface area (Å²) in [4.78, 5) is 20.5. The number of hydrogen-bond acceptors (Lipinski definition) is 4. The molecule has 1 aliphatic rings. The molecule has 0 radical (unpaired) electrons. The average molecular weight is 354 g/mol. The van der Waals surface area contributed by atoms with Gasteiger partial charge in [-0.05, 0) is 37.6 Å². The number of carbonyl (C=O) groups is 1. The molecule has 26 heavy (non-hydrogen) atoms. The molecular weight excluding hydrogens is 335 g/mol. The van der Waals surface area contributed by atoms with E-state index in [1.54, 1.807) is 18.5 Å². The largest absolute Gasteiger partial charge is 0.477 e. The number of anilines is 1. The van der Waals surface area contributed by atoms with Crippen LogP contribution in [-0.4, -0.2) is 33.2 Å². The van der Waals surface area contributed by atoms with Gasteiger partial charge in [-0.25, -0.2) is 14.4 Å². The number of carbonyl (C=O) groups excluding carboxylic acids is 1. The normalized spacial score (nSPS) is 18.7. The SMILES string of the molecule is CCOc1ncccc1-c1cc2cc(NC(=O)[C@H]3C[C@H]3F)ncc2n1C. The maximum absolute atomic E-state index is 13.0. The molecule has 1 amide bonds. The van der Waals surface area contributed by atoms with Crippen LogP contribution in [0, 0.1) is 5.92 Å². The molecule has 6 nitrogen and oxygen atoms in total. The van der Waals surface area contributed by atoms with Crippen molar-refractivity contribution in [2.75, 3.05) is 11.9 Å². The summed E-state index contributed by atoms with van der Waals surface area (Å²) in [5, 5.41) is 3.61. The fourth-order valence-corrected chi connectivity index (χ4v) is 3.05. The number of nitrogens with zero attached hydrogens (tertiary/aromatic N) is 3. The number of hydrogen-bond donors (Lipinski definition) is 1. The van der Waals surface area contributed by atoms with Crippen molar-refractivity contribution < 1.29 is 13.9 Å². The first-order valence-corrected chi connectivity index (χ1v) is 8.57. The number of pyridine rings is 2. The lowest BCUT2D eigenvalue weighted by Gasteiger charge is -2.09. The smallest absolute Gasteiger partial charge is 0.231 e. The molecule has 7 heteroatoms. The molecule has 0 aromatic carbocycles. The summed E-state index contributed by atoms with van der Waals surface area (Å²) in [5.41, 5.74) is 2.74. The molecule has 0 saturated heterocycles. The molecule has 0 unspecified atom stereocenters. The molecular formula is C19H19FN4O2. The van der Waals surface area contributed by atoms with E-state index in [-0.39, 0.29) is 5.91 Å². The zero-order valence-corrected chi connectivity index (χ0v) is 14.6. The highest BCUT2D eigenvalue weighted by atomic mass is 19.1. The van der Waals surface area contributed by atoms with Gasteiger partial charge in [0.2, 0.25) is 11.8 Å². The second kappa shape index (κ2) is 6.40. The summed E-state index contributed by atoms with van der Waals surface area (Å²) in [6.45, 7) is 2.45. The van der Waals surface area contributed by atoms with Crippen molar-refractivity contribution in [2.24, 2.45) is 13.0 Å². The predicted molar refractivity (Wildman–Crippen MR) is 96.7 cm³/mol. The Bertz CT molecular complexity index is 985. The van der Waals surface area contributed by atoms with Crippen LogP contribution in [0.4, 0.5) is 10.2 Å². The maximum Gasteiger partial charge on any atom is 0.231 e. The topological polar surface area (TPSA) is 69.0 Å². The highest BCUT2D eigenvalue weighted by molar-refractivity contribution is 5.96. The number of halogens is 1. The van der Waals surface area contributed by atoms with Crippen molar-refractivity contribution in [2.45, 2.75) is 19.5 Å². The monoisotopic (exact) mass is 354 g/mol. The minimum Gasteiger partial charge on any atom is -0.477 e. The summed E-state index contributed by atoms with van der Waals surface area (Å²) < 4.78 is 20.7. The van der Waals surface area contributed by atoms with Crippen LogP contribution in [0.3, 0.4) is 0 Å². The maximum atomic E-state index is 13.0. The van der Waals surface area contributed by atoms with E-state index in [9.17, 15) is 9.18 Å². The van der Waals surface area contributed by atoms with Crippen molar-refractivity contribution in [1.29, 1.82) is 0 Å². The van der Waals surface area contributed by atoms with Gasteiger partial charge in [0.25, 0.3) is 0 Å². The van der Waals surface area contributed by atoms with E-state index in [0.717, 1.165) is 22.2 Å². The van der Waals surface area contributed by atoms with Gasteiger partial charge in [0.15, 0.2) is 0 Å². The fourth-order valence-electron chi connectivity index (χ4n) is 3.05. The number of ether oxygens (including phenoxy) is 1. The van der Waals surface area contributed by atoms with Crippen LogP contribution in [0.2, 0.25) is 0 Å². The molecule has 0 bridgehead atoms. The Hall–Kier alpha value is -2.96. The van der Waals surface area contributed by atoms with E-state index < -0.39 is 12.1 Å². The second-order valence-electron chi connectivity index (χ2n) is 6.35. The summed E-state index contributed by atoms with van der Waals surface area (Å²) in [7, 11) is 1.94. The van der Waals surface area contributed by atoms with E-state index in [0.29, 0.717) is 24.7 Å². The summed E-state index contributed by atoms with van der Waals surface area (Å²) >= 11 is 0. The van der Waals surface area contributed by atoms with E-state index in [1.165, 1.54) is 0 Å². The lowest BCUT2D eigenvalue weighted by molar-refractivity contribution is -0.117. The van der Waals surface area contributed by atoms with Crippen LogP contribution in [0.5, 0.6) is 5.88 Å². The van der Waals surface area contributed by atoms with Crippen molar-refractivity contribution >= 4 is 22.6 Å². The van der Waals surface area contributed by atoms with Crippen molar-refractivity contribution in [3.8, 4) is 17.1 Å². The molecule has 0 aliphatic heterocycles. The van der Waals surface area contributed by atoms with Crippen molar-refractivity contribution in [3.63, 3.8) is 0 Å². The molecule has 1 N–H and O–H groups in total. The van der Waals surface area contributed by atoms with E-state index in [1.807, 2.05) is 36.7 Å². The van der Waals surface area contributed by atoms with Gasteiger partial charge < -0.3 is 14.6 Å². The molecule has 1 aliphatic carbocycles. The Morgan fingerprint density at radius 3 is 2.96 bits per heavy atom. The number of aromatic nitrogens is 3. The van der Waals surface area contributed by atoms with E-state index in [4.69, 9.17) is 4.74 Å². The van der Waals surface area contributed by atoms with Gasteiger partial charge in [0.1, 0.15) is 12.0 Å². The first-order chi connectivity index (χ1) is 12.6. The molecule has 2 atom stereocenters. The third-order valence-electron chi connectivity index (χ3n) is 4.56. The highest BCUT2D eigenvalue weighted by Crippen LogP contribution is 2.35. The molecule has 1 fully saturated rings. The van der Waals surface area contributed by atoms with Gasteiger partial charge in [0, 0.05) is 18.6 Å². The molecule has 1 saturated carbocycles. The van der Waals surface area contributed by atoms with Crippen LogP contribution in [0.25, 0.3) is 22.2 Å². The van der Waals surface area contributed by atoms with E-state index >= 15 is 0 Å². The quantitative estimate of drug-likeness (QED) is 0.763. The Balaban J connectivity index is 1.69. The Kier molecular flexibility index (Phi) is 4.06. The van der Waals surface area contributed by atoms with Crippen LogP contribution in [0.15, 0.2) is 36.7 Å². The van der Waals surface area contributed by atoms with Gasteiger partial charge in [-0.3, -0.25) is 4.79 Å². The first kappa shape index (κ1) is 16.5. The van der Waals surface area contributed by atoms with Gasteiger partial charge in [-0.2, -0.15) is 0 Å². The van der Waals surface area contributed by atoms with Crippen molar-refractivity contribution in [1.82, 2.24) is 14.5 Å². The van der Waals surface area contributed by atoms with Crippen LogP contribution >= 0.6 is 0 Å². The first-order valence-electron chi connectivity index (χ1n) is 8.57. The highest BCUT2D eigenvalue weighted by Gasteiger charge is 2.43. The Morgan fingerprint density at radius 2 is 2.23 bits per heavy atom. The Morgan fingerprint density at radius 1 is 1.42 bits per heavy atom. The zero-order valence-electron chi connectivity index (χ0n) is 14.6. The summed E-state index contributed by atoms with van der Waals surface area (Å²) in [6.07, 6.45) is 2.67. The summed E-state index contributed by atoms with van der Waals surface area (Å²) in [5.74, 6) is 0.148. The van der Waals surface area contributed by atoms with Gasteiger partial charge in [0.05, 0.1) is 35.5 Å². The number of aryl methyl sites for hydroxylation is 1. The molecule has 3 heterocycles. The third kappa shape index (κ3) is 2.89. The molecule has 134 valence electrons. The van der Waals surface area contributed by atoms with Crippen LogP contribution < -0.4 is 10.1 Å². The lowest BCUT2D eigenvalue weighted by Crippen LogP contribution is -2.15. The zero-order chi connectivity index (χ0) is 18.3. The predicted octanol–water partition coefficient (Wildman–Crippen LogP) is 3.33. The van der Waals surface area contributed by atoms with Gasteiger partial charge in [-0.1, -0.05) is 0 Å². The minimum absolute atomic E-state index is 0.296. The molecule has 3 aromatic rings. The number of alkyl halides is 1. The van der Waals surface area contributed by atoms with Crippen LogP contribution in [-0.2, 0) is 11.8 Å². The second-order valence-corrected chi connectivity index (χ2v) is 6.35. The number of fused-ring (bicyclic) bond motifs is 1. The average Bonchev–Trinajstić information content (AvgIpc) is 3.28. The molecule has 4 rings (SSSR count). The fraction of sp³-hybridized carbons (Fsp3) is 0.316. The standard InChI is InChI=1S/C19H19FN4O2/c1-3-26-19-12(5-4-6-21-19)15-7-11-8-17(22-10-16(11)24(15)2)23-18(25)13-9-14(13)20/h4-8,10,13-14H,3,9H2,1-2H3,(H,22,23,25)/t13-,14+/m0/s1. The molecule has 0 spiro atoms. The third-order valence-corrected chi connectivity index (χ3v) is 4.56. The number of amides is 1. The number of rotatable bonds is 5. The lowest BCUT2D eigenvalue weighted by atomic mass is 10.2. The van der Waals surface area contributed by atoms with Crippen molar-refractivity contribution in [3.05, 3.63) is 36.7 Å². The minimum atomic E-state index is -1.02. The van der Waals surface area contributed by atoms with Gasteiger partial charge in [-0.15, -0.1) is 0 Å². The Labute approximate surface area is 150 Å². The van der Waals surface area contributed by atoms with Crippen LogP contribution in [0.1, 0.15) is 13.3 Å².